The van der Waals surface area contributed by atoms with Crippen molar-refractivity contribution in [3.05, 3.63) is 59.7 Å². The molecular weight excluding hydrogens is 286 g/mol. The number of rotatable bonds is 4. The molecule has 2 aromatic rings. The number of nitrogen functional groups attached to an aromatic ring is 1. The lowest BCUT2D eigenvalue weighted by molar-refractivity contribution is 0.556. The standard InChI is InChI=1S/C15H17N3O2S/c16-17-14-7-3-4-8-15(14)21(19,20)18-13-9-11-5-1-2-6-12(11)10-13/h1-8,13,17-18H,9-10,16H2. The summed E-state index contributed by atoms with van der Waals surface area (Å²) in [6.45, 7) is 0. The normalized spacial score (nSPS) is 14.9. The fourth-order valence-corrected chi connectivity index (χ4v) is 4.15. The molecule has 0 heterocycles. The molecule has 0 radical (unpaired) electrons. The van der Waals surface area contributed by atoms with Gasteiger partial charge in [-0.25, -0.2) is 13.1 Å². The summed E-state index contributed by atoms with van der Waals surface area (Å²) >= 11 is 0. The van der Waals surface area contributed by atoms with E-state index in [0.29, 0.717) is 18.5 Å². The lowest BCUT2D eigenvalue weighted by atomic mass is 10.1. The molecule has 0 saturated heterocycles. The van der Waals surface area contributed by atoms with E-state index >= 15 is 0 Å². The Balaban J connectivity index is 1.82. The number of hydrogen-bond acceptors (Lipinski definition) is 4. The second-order valence-corrected chi connectivity index (χ2v) is 6.82. The van der Waals surface area contributed by atoms with Crippen LogP contribution < -0.4 is 16.0 Å². The number of nitrogens with two attached hydrogens (primary N) is 1. The first-order chi connectivity index (χ1) is 10.1. The molecule has 4 N–H and O–H groups in total. The average Bonchev–Trinajstić information content (AvgIpc) is 2.88. The minimum absolute atomic E-state index is 0.113. The Morgan fingerprint density at radius 2 is 1.52 bits per heavy atom. The van der Waals surface area contributed by atoms with Gasteiger partial charge in [0, 0.05) is 6.04 Å². The lowest BCUT2D eigenvalue weighted by Gasteiger charge is -2.15. The van der Waals surface area contributed by atoms with Gasteiger partial charge in [-0.15, -0.1) is 0 Å². The highest BCUT2D eigenvalue weighted by atomic mass is 32.2. The fraction of sp³-hybridized carbons (Fsp3) is 0.200. The second kappa shape index (κ2) is 5.48. The van der Waals surface area contributed by atoms with Crippen molar-refractivity contribution >= 4 is 15.7 Å². The van der Waals surface area contributed by atoms with Gasteiger partial charge in [0.2, 0.25) is 10.0 Å². The van der Waals surface area contributed by atoms with Crippen molar-refractivity contribution in [3.8, 4) is 0 Å². The number of fused-ring (bicyclic) bond motifs is 1. The summed E-state index contributed by atoms with van der Waals surface area (Å²) in [5, 5.41) is 0. The number of benzene rings is 2. The molecule has 0 amide bonds. The van der Waals surface area contributed by atoms with Crippen LogP contribution in [-0.2, 0) is 22.9 Å². The summed E-state index contributed by atoms with van der Waals surface area (Å²) in [7, 11) is -3.60. The van der Waals surface area contributed by atoms with Crippen LogP contribution in [0.25, 0.3) is 0 Å². The minimum Gasteiger partial charge on any atom is -0.323 e. The molecule has 0 bridgehead atoms. The van der Waals surface area contributed by atoms with E-state index in [-0.39, 0.29) is 10.9 Å². The summed E-state index contributed by atoms with van der Waals surface area (Å²) in [5.41, 5.74) is 5.22. The van der Waals surface area contributed by atoms with Crippen molar-refractivity contribution in [2.75, 3.05) is 5.43 Å². The predicted molar refractivity (Wildman–Crippen MR) is 82.2 cm³/mol. The number of para-hydroxylation sites is 1. The van der Waals surface area contributed by atoms with E-state index in [2.05, 4.69) is 10.1 Å². The van der Waals surface area contributed by atoms with Crippen LogP contribution in [0.15, 0.2) is 53.4 Å². The van der Waals surface area contributed by atoms with Gasteiger partial charge in [0.1, 0.15) is 4.90 Å². The van der Waals surface area contributed by atoms with Gasteiger partial charge < -0.3 is 5.43 Å². The van der Waals surface area contributed by atoms with Crippen molar-refractivity contribution in [1.29, 1.82) is 0 Å². The van der Waals surface area contributed by atoms with Gasteiger partial charge >= 0.3 is 0 Å². The molecule has 0 fully saturated rings. The van der Waals surface area contributed by atoms with Crippen LogP contribution in [0.2, 0.25) is 0 Å². The lowest BCUT2D eigenvalue weighted by Crippen LogP contribution is -2.35. The molecule has 0 aliphatic heterocycles. The summed E-state index contributed by atoms with van der Waals surface area (Å²) in [6.07, 6.45) is 1.43. The predicted octanol–water partition coefficient (Wildman–Crippen LogP) is 1.42. The number of hydrazine groups is 1. The average molecular weight is 303 g/mol. The van der Waals surface area contributed by atoms with Crippen LogP contribution in [0.1, 0.15) is 11.1 Å². The molecule has 6 heteroatoms. The summed E-state index contributed by atoms with van der Waals surface area (Å²) < 4.78 is 27.8. The molecule has 0 saturated carbocycles. The van der Waals surface area contributed by atoms with E-state index in [1.54, 1.807) is 24.3 Å². The van der Waals surface area contributed by atoms with Crippen LogP contribution >= 0.6 is 0 Å². The third-order valence-electron chi connectivity index (χ3n) is 3.70. The van der Waals surface area contributed by atoms with Gasteiger partial charge in [0.25, 0.3) is 0 Å². The van der Waals surface area contributed by atoms with Crippen LogP contribution in [0.4, 0.5) is 5.69 Å². The molecule has 2 aromatic carbocycles. The Hall–Kier alpha value is -1.89. The molecule has 0 spiro atoms. The zero-order valence-corrected chi connectivity index (χ0v) is 12.2. The van der Waals surface area contributed by atoms with Crippen molar-refractivity contribution in [1.82, 2.24) is 4.72 Å². The summed E-state index contributed by atoms with van der Waals surface area (Å²) in [4.78, 5) is 0.170. The van der Waals surface area contributed by atoms with Gasteiger partial charge in [-0.2, -0.15) is 0 Å². The first kappa shape index (κ1) is 14.1. The van der Waals surface area contributed by atoms with E-state index < -0.39 is 10.0 Å². The molecule has 3 rings (SSSR count). The zero-order valence-electron chi connectivity index (χ0n) is 11.4. The number of sulfonamides is 1. The van der Waals surface area contributed by atoms with E-state index in [1.807, 2.05) is 24.3 Å². The topological polar surface area (TPSA) is 84.2 Å². The Bertz CT molecular complexity index is 734. The van der Waals surface area contributed by atoms with Crippen molar-refractivity contribution in [2.45, 2.75) is 23.8 Å². The van der Waals surface area contributed by atoms with Crippen molar-refractivity contribution in [2.24, 2.45) is 5.84 Å². The molecule has 5 nitrogen and oxygen atoms in total. The summed E-state index contributed by atoms with van der Waals surface area (Å²) in [6, 6.07) is 14.5. The highest BCUT2D eigenvalue weighted by molar-refractivity contribution is 7.89. The Kier molecular flexibility index (Phi) is 3.67. The zero-order chi connectivity index (χ0) is 14.9. The third kappa shape index (κ3) is 2.78. The van der Waals surface area contributed by atoms with Crippen LogP contribution in [0, 0.1) is 0 Å². The third-order valence-corrected chi connectivity index (χ3v) is 5.28. The minimum atomic E-state index is -3.60. The molecule has 0 unspecified atom stereocenters. The largest absolute Gasteiger partial charge is 0.323 e. The SMILES string of the molecule is NNc1ccccc1S(=O)(=O)NC1Cc2ccccc2C1. The van der Waals surface area contributed by atoms with E-state index in [0.717, 1.165) is 0 Å². The maximum Gasteiger partial charge on any atom is 0.242 e. The number of nitrogens with one attached hydrogen (secondary N) is 2. The van der Waals surface area contributed by atoms with Crippen LogP contribution in [0.5, 0.6) is 0 Å². The smallest absolute Gasteiger partial charge is 0.242 e. The first-order valence-corrected chi connectivity index (χ1v) is 8.23. The van der Waals surface area contributed by atoms with E-state index in [9.17, 15) is 8.42 Å². The molecule has 1 aliphatic carbocycles. The number of anilines is 1. The molecular formula is C15H17N3O2S. The Labute approximate surface area is 124 Å². The van der Waals surface area contributed by atoms with Crippen LogP contribution in [-0.4, -0.2) is 14.5 Å². The highest BCUT2D eigenvalue weighted by Gasteiger charge is 2.27. The maximum absolute atomic E-state index is 12.5. The molecule has 0 atom stereocenters. The van der Waals surface area contributed by atoms with Crippen molar-refractivity contribution < 1.29 is 8.42 Å². The fourth-order valence-electron chi connectivity index (χ4n) is 2.75. The van der Waals surface area contributed by atoms with Crippen LogP contribution in [0.3, 0.4) is 0 Å². The quantitative estimate of drug-likeness (QED) is 0.589. The molecule has 1 aliphatic rings. The van der Waals surface area contributed by atoms with Gasteiger partial charge in [-0.1, -0.05) is 36.4 Å². The van der Waals surface area contributed by atoms with Gasteiger partial charge in [-0.3, -0.25) is 5.84 Å². The maximum atomic E-state index is 12.5. The first-order valence-electron chi connectivity index (χ1n) is 6.75. The Morgan fingerprint density at radius 3 is 2.14 bits per heavy atom. The summed E-state index contributed by atoms with van der Waals surface area (Å²) in [5.74, 6) is 5.38. The van der Waals surface area contributed by atoms with Gasteiger partial charge in [0.05, 0.1) is 5.69 Å². The second-order valence-electron chi connectivity index (χ2n) is 5.14. The van der Waals surface area contributed by atoms with Gasteiger partial charge in [0.15, 0.2) is 0 Å². The Morgan fingerprint density at radius 1 is 0.952 bits per heavy atom. The van der Waals surface area contributed by atoms with Gasteiger partial charge in [-0.05, 0) is 36.1 Å². The monoisotopic (exact) mass is 303 g/mol. The van der Waals surface area contributed by atoms with E-state index in [4.69, 9.17) is 5.84 Å². The number of hydrogen-bond donors (Lipinski definition) is 3. The molecule has 21 heavy (non-hydrogen) atoms. The highest BCUT2D eigenvalue weighted by Crippen LogP contribution is 2.25. The molecule has 0 aromatic heterocycles. The molecule has 110 valence electrons. The van der Waals surface area contributed by atoms with Crippen molar-refractivity contribution in [3.63, 3.8) is 0 Å². The van der Waals surface area contributed by atoms with E-state index in [1.165, 1.54) is 11.1 Å².